The van der Waals surface area contributed by atoms with Gasteiger partial charge in [0.15, 0.2) is 0 Å². The van der Waals surface area contributed by atoms with Gasteiger partial charge in [0.1, 0.15) is 11.2 Å². The molecule has 2 aromatic carbocycles. The molecule has 2 amide bonds. The highest BCUT2D eigenvalue weighted by atomic mass is 16.2. The second-order valence-electron chi connectivity index (χ2n) is 10.7. The standard InChI is InChI=1S/C31H36N4O2/c1-30(34-28(36)27-16-11-19-35(27)2,20-23-21-32-26-15-8-7-14-25(23)26)29(37)33-22-31(17-9-4-10-18-31)24-12-5-3-6-13-24/h3,5-8,11-16,19,21,32H,4,9-10,17-18,20,22H2,1-2H3,(H,33,37)(H,34,36). The fourth-order valence-corrected chi connectivity index (χ4v) is 5.88. The van der Waals surface area contributed by atoms with Crippen molar-refractivity contribution in [3.63, 3.8) is 0 Å². The minimum absolute atomic E-state index is 0.0843. The van der Waals surface area contributed by atoms with Crippen molar-refractivity contribution in [3.05, 3.63) is 95.9 Å². The molecule has 2 heterocycles. The van der Waals surface area contributed by atoms with E-state index in [0.29, 0.717) is 18.7 Å². The lowest BCUT2D eigenvalue weighted by Crippen LogP contribution is -2.60. The van der Waals surface area contributed by atoms with Gasteiger partial charge in [0, 0.05) is 48.7 Å². The molecule has 1 aliphatic rings. The minimum Gasteiger partial charge on any atom is -0.361 e. The zero-order valence-corrected chi connectivity index (χ0v) is 21.7. The van der Waals surface area contributed by atoms with Crippen LogP contribution in [0, 0.1) is 0 Å². The highest BCUT2D eigenvalue weighted by Crippen LogP contribution is 2.39. The van der Waals surface area contributed by atoms with Crippen molar-refractivity contribution < 1.29 is 9.59 Å². The molecule has 6 nitrogen and oxygen atoms in total. The van der Waals surface area contributed by atoms with E-state index in [4.69, 9.17) is 0 Å². The average molecular weight is 497 g/mol. The molecule has 192 valence electrons. The third kappa shape index (κ3) is 5.06. The molecular formula is C31H36N4O2. The Morgan fingerprint density at radius 3 is 2.43 bits per heavy atom. The summed E-state index contributed by atoms with van der Waals surface area (Å²) in [7, 11) is 1.83. The van der Waals surface area contributed by atoms with Gasteiger partial charge in [-0.15, -0.1) is 0 Å². The molecule has 3 N–H and O–H groups in total. The van der Waals surface area contributed by atoms with Crippen molar-refractivity contribution in [1.82, 2.24) is 20.2 Å². The van der Waals surface area contributed by atoms with E-state index in [1.54, 1.807) is 10.6 Å². The van der Waals surface area contributed by atoms with Crippen molar-refractivity contribution in [2.45, 2.75) is 56.4 Å². The van der Waals surface area contributed by atoms with E-state index < -0.39 is 5.54 Å². The van der Waals surface area contributed by atoms with Crippen LogP contribution in [0.4, 0.5) is 0 Å². The summed E-state index contributed by atoms with van der Waals surface area (Å²) in [5.74, 6) is -0.429. The molecule has 37 heavy (non-hydrogen) atoms. The number of aromatic nitrogens is 2. The van der Waals surface area contributed by atoms with Gasteiger partial charge in [-0.2, -0.15) is 0 Å². The first-order valence-corrected chi connectivity index (χ1v) is 13.2. The van der Waals surface area contributed by atoms with Crippen LogP contribution in [0.2, 0.25) is 0 Å². The van der Waals surface area contributed by atoms with Crippen LogP contribution in [0.25, 0.3) is 10.9 Å². The Labute approximate surface area is 218 Å². The zero-order chi connectivity index (χ0) is 25.9. The predicted octanol–water partition coefficient (Wildman–Crippen LogP) is 5.26. The molecule has 5 rings (SSSR count). The van der Waals surface area contributed by atoms with Gasteiger partial charge in [0.2, 0.25) is 5.91 Å². The number of rotatable bonds is 8. The summed E-state index contributed by atoms with van der Waals surface area (Å²) in [5, 5.41) is 7.44. The van der Waals surface area contributed by atoms with Gasteiger partial charge in [-0.25, -0.2) is 0 Å². The van der Waals surface area contributed by atoms with Crippen LogP contribution in [0.15, 0.2) is 79.1 Å². The third-order valence-electron chi connectivity index (χ3n) is 8.07. The monoisotopic (exact) mass is 496 g/mol. The summed E-state index contributed by atoms with van der Waals surface area (Å²) >= 11 is 0. The Kier molecular flexibility index (Phi) is 6.92. The molecule has 1 unspecified atom stereocenters. The Hall–Kier alpha value is -3.80. The number of nitrogens with zero attached hydrogens (tertiary/aromatic N) is 1. The highest BCUT2D eigenvalue weighted by Gasteiger charge is 2.39. The lowest BCUT2D eigenvalue weighted by atomic mass is 9.69. The number of nitrogens with one attached hydrogen (secondary N) is 3. The van der Waals surface area contributed by atoms with Crippen LogP contribution in [0.1, 0.15) is 60.6 Å². The van der Waals surface area contributed by atoms with Gasteiger partial charge in [-0.1, -0.05) is 67.8 Å². The van der Waals surface area contributed by atoms with Crippen molar-refractivity contribution in [3.8, 4) is 0 Å². The van der Waals surface area contributed by atoms with Crippen LogP contribution in [0.5, 0.6) is 0 Å². The molecule has 0 aliphatic heterocycles. The van der Waals surface area contributed by atoms with Gasteiger partial charge in [-0.3, -0.25) is 9.59 Å². The summed E-state index contributed by atoms with van der Waals surface area (Å²) in [6.07, 6.45) is 9.78. The fraction of sp³-hybridized carbons (Fsp3) is 0.355. The summed E-state index contributed by atoms with van der Waals surface area (Å²) in [4.78, 5) is 30.6. The Morgan fingerprint density at radius 1 is 0.973 bits per heavy atom. The Bertz CT molecular complexity index is 1380. The van der Waals surface area contributed by atoms with Gasteiger partial charge in [0.05, 0.1) is 0 Å². The minimum atomic E-state index is -1.14. The summed E-state index contributed by atoms with van der Waals surface area (Å²) in [6, 6.07) is 22.2. The highest BCUT2D eigenvalue weighted by molar-refractivity contribution is 5.98. The first-order valence-electron chi connectivity index (χ1n) is 13.2. The van der Waals surface area contributed by atoms with Gasteiger partial charge in [-0.05, 0) is 49.1 Å². The summed E-state index contributed by atoms with van der Waals surface area (Å²) < 4.78 is 1.77. The maximum Gasteiger partial charge on any atom is 0.268 e. The van der Waals surface area contributed by atoms with Gasteiger partial charge >= 0.3 is 0 Å². The quantitative estimate of drug-likeness (QED) is 0.311. The number of H-pyrrole nitrogens is 1. The van der Waals surface area contributed by atoms with Crippen LogP contribution in [-0.2, 0) is 23.7 Å². The SMILES string of the molecule is Cn1cccc1C(=O)NC(C)(Cc1c[nH]c2ccccc12)C(=O)NCC1(c2ccccc2)CCCCC1. The maximum atomic E-state index is 14.0. The molecule has 1 atom stereocenters. The molecule has 2 aromatic heterocycles. The number of para-hydroxylation sites is 1. The molecule has 0 radical (unpaired) electrons. The lowest BCUT2D eigenvalue weighted by molar-refractivity contribution is -0.127. The molecule has 0 saturated heterocycles. The van der Waals surface area contributed by atoms with E-state index in [1.165, 1.54) is 12.0 Å². The Balaban J connectivity index is 1.43. The van der Waals surface area contributed by atoms with Gasteiger partial charge < -0.3 is 20.2 Å². The van der Waals surface area contributed by atoms with Crippen molar-refractivity contribution in [1.29, 1.82) is 0 Å². The summed E-state index contributed by atoms with van der Waals surface area (Å²) in [5.41, 5.74) is 2.58. The number of aromatic amines is 1. The fourth-order valence-electron chi connectivity index (χ4n) is 5.88. The van der Waals surface area contributed by atoms with Gasteiger partial charge in [0.25, 0.3) is 5.91 Å². The molecular weight excluding hydrogens is 460 g/mol. The van der Waals surface area contributed by atoms with Crippen LogP contribution >= 0.6 is 0 Å². The molecule has 1 saturated carbocycles. The van der Waals surface area contributed by atoms with Crippen LogP contribution in [0.3, 0.4) is 0 Å². The maximum absolute atomic E-state index is 14.0. The zero-order valence-electron chi connectivity index (χ0n) is 21.7. The Morgan fingerprint density at radius 2 is 1.70 bits per heavy atom. The first-order chi connectivity index (χ1) is 17.9. The topological polar surface area (TPSA) is 78.9 Å². The smallest absolute Gasteiger partial charge is 0.268 e. The molecule has 6 heteroatoms. The number of amides is 2. The molecule has 1 fully saturated rings. The number of hydrogen-bond donors (Lipinski definition) is 3. The van der Waals surface area contributed by atoms with E-state index in [2.05, 4.69) is 39.9 Å². The number of benzene rings is 2. The average Bonchev–Trinajstić information content (AvgIpc) is 3.54. The molecule has 0 spiro atoms. The van der Waals surface area contributed by atoms with E-state index >= 15 is 0 Å². The van der Waals surface area contributed by atoms with Crippen molar-refractivity contribution >= 4 is 22.7 Å². The second kappa shape index (κ2) is 10.3. The van der Waals surface area contributed by atoms with E-state index in [-0.39, 0.29) is 17.2 Å². The molecule has 0 bridgehead atoms. The van der Waals surface area contributed by atoms with Crippen LogP contribution in [-0.4, -0.2) is 33.4 Å². The van der Waals surface area contributed by atoms with E-state index in [1.807, 2.05) is 62.8 Å². The number of fused-ring (bicyclic) bond motifs is 1. The first kappa shape index (κ1) is 24.9. The van der Waals surface area contributed by atoms with Crippen LogP contribution < -0.4 is 10.6 Å². The summed E-state index contributed by atoms with van der Waals surface area (Å²) in [6.45, 7) is 2.39. The lowest BCUT2D eigenvalue weighted by Gasteiger charge is -2.39. The normalized spacial score (nSPS) is 16.7. The van der Waals surface area contributed by atoms with Crippen molar-refractivity contribution in [2.24, 2.45) is 7.05 Å². The van der Waals surface area contributed by atoms with Crippen molar-refractivity contribution in [2.75, 3.05) is 6.54 Å². The number of carbonyl (C=O) groups excluding carboxylic acids is 2. The molecule has 4 aromatic rings. The second-order valence-corrected chi connectivity index (χ2v) is 10.7. The third-order valence-corrected chi connectivity index (χ3v) is 8.07. The molecule has 1 aliphatic carbocycles. The number of carbonyl (C=O) groups is 2. The number of aryl methyl sites for hydroxylation is 1. The van der Waals surface area contributed by atoms with E-state index in [9.17, 15) is 9.59 Å². The predicted molar refractivity (Wildman–Crippen MR) is 148 cm³/mol. The van der Waals surface area contributed by atoms with E-state index in [0.717, 1.165) is 42.1 Å². The largest absolute Gasteiger partial charge is 0.361 e. The number of hydrogen-bond acceptors (Lipinski definition) is 2.